The highest BCUT2D eigenvalue weighted by atomic mass is 31.2. The lowest BCUT2D eigenvalue weighted by atomic mass is 10.0. The van der Waals surface area contributed by atoms with Crippen LogP contribution in [-0.2, 0) is 27.9 Å². The first-order chi connectivity index (χ1) is 18.8. The molecule has 0 aliphatic rings. The number of phosphoric ester groups is 1. The monoisotopic (exact) mass is 579 g/mol. The van der Waals surface area contributed by atoms with Gasteiger partial charge in [-0.1, -0.05) is 117 Å². The molecule has 0 heterocycles. The second kappa shape index (κ2) is 27.2. The highest BCUT2D eigenvalue weighted by molar-refractivity contribution is 7.47. The first-order valence-electron chi connectivity index (χ1n) is 15.5. The molecule has 10 heteroatoms. The van der Waals surface area contributed by atoms with Crippen molar-refractivity contribution in [2.24, 2.45) is 0 Å². The normalized spacial score (nSPS) is 13.6. The van der Waals surface area contributed by atoms with Crippen LogP contribution in [0.4, 0.5) is 0 Å². The minimum Gasteiger partial charge on any atom is -0.463 e. The number of ether oxygens (including phenoxy) is 1. The van der Waals surface area contributed by atoms with Crippen molar-refractivity contribution in [1.29, 1.82) is 0 Å². The number of hydrogen-bond donors (Lipinski definition) is 3. The number of rotatable bonds is 29. The Bertz CT molecular complexity index is 634. The van der Waals surface area contributed by atoms with E-state index < -0.39 is 26.5 Å². The summed E-state index contributed by atoms with van der Waals surface area (Å²) in [5, 5.41) is 12.5. The van der Waals surface area contributed by atoms with Crippen molar-refractivity contribution in [3.05, 3.63) is 0 Å². The van der Waals surface area contributed by atoms with Gasteiger partial charge in [0.15, 0.2) is 0 Å². The van der Waals surface area contributed by atoms with Crippen molar-refractivity contribution in [2.75, 3.05) is 26.4 Å². The van der Waals surface area contributed by atoms with Crippen LogP contribution in [0.15, 0.2) is 0 Å². The van der Waals surface area contributed by atoms with Crippen LogP contribution < -0.4 is 5.32 Å². The molecule has 0 aromatic carbocycles. The number of amides is 1. The molecule has 0 bridgehead atoms. The molecule has 1 amide bonds. The van der Waals surface area contributed by atoms with Gasteiger partial charge in [0.25, 0.3) is 0 Å². The minimum absolute atomic E-state index is 0.0852. The zero-order chi connectivity index (χ0) is 29.0. The molecule has 0 fully saturated rings. The number of carbonyl (C=O) groups excluding carboxylic acids is 2. The quantitative estimate of drug-likeness (QED) is 0.0491. The molecule has 39 heavy (non-hydrogen) atoms. The van der Waals surface area contributed by atoms with Gasteiger partial charge in [0.1, 0.15) is 12.7 Å². The van der Waals surface area contributed by atoms with E-state index in [2.05, 4.69) is 19.2 Å². The molecule has 9 nitrogen and oxygen atoms in total. The van der Waals surface area contributed by atoms with Gasteiger partial charge in [0.05, 0.1) is 13.2 Å². The summed E-state index contributed by atoms with van der Waals surface area (Å²) in [6.45, 7) is 3.46. The summed E-state index contributed by atoms with van der Waals surface area (Å²) >= 11 is 0. The number of aliphatic hydroxyl groups is 1. The minimum atomic E-state index is -4.39. The maximum atomic E-state index is 11.9. The van der Waals surface area contributed by atoms with Gasteiger partial charge in [-0.25, -0.2) is 4.57 Å². The largest absolute Gasteiger partial charge is 0.472 e. The number of hydrogen-bond acceptors (Lipinski definition) is 7. The highest BCUT2D eigenvalue weighted by Crippen LogP contribution is 2.42. The van der Waals surface area contributed by atoms with Gasteiger partial charge in [-0.3, -0.25) is 18.6 Å². The lowest BCUT2D eigenvalue weighted by molar-refractivity contribution is -0.147. The predicted molar refractivity (Wildman–Crippen MR) is 155 cm³/mol. The summed E-state index contributed by atoms with van der Waals surface area (Å²) in [4.78, 5) is 33.3. The second-order valence-electron chi connectivity index (χ2n) is 10.4. The van der Waals surface area contributed by atoms with Gasteiger partial charge < -0.3 is 20.1 Å². The zero-order valence-electron chi connectivity index (χ0n) is 24.8. The summed E-state index contributed by atoms with van der Waals surface area (Å²) in [6, 6.07) is 0. The molecular weight excluding hydrogens is 521 g/mol. The molecule has 2 atom stereocenters. The van der Waals surface area contributed by atoms with E-state index >= 15 is 0 Å². The van der Waals surface area contributed by atoms with E-state index in [-0.39, 0.29) is 32.1 Å². The fourth-order valence-corrected chi connectivity index (χ4v) is 4.90. The molecule has 2 unspecified atom stereocenters. The molecule has 3 N–H and O–H groups in total. The van der Waals surface area contributed by atoms with Crippen LogP contribution in [-0.4, -0.2) is 54.3 Å². The summed E-state index contributed by atoms with van der Waals surface area (Å²) in [6.07, 6.45) is 20.6. The average Bonchev–Trinajstić information content (AvgIpc) is 2.91. The van der Waals surface area contributed by atoms with Gasteiger partial charge in [-0.15, -0.1) is 0 Å². The van der Waals surface area contributed by atoms with Gasteiger partial charge in [0, 0.05) is 19.4 Å². The molecular formula is C29H58NO8P. The molecule has 232 valence electrons. The number of esters is 1. The standard InChI is InChI=1S/C29H58NO8P/c1-3-5-7-9-11-12-13-14-15-16-18-20-22-29(33)36-25-27(31)26-38-39(34,35)37-24-23-30-28(32)21-19-17-10-8-6-4-2/h27,31H,3-26H2,1-2H3,(H,30,32)(H,34,35). The Morgan fingerprint density at radius 3 is 1.67 bits per heavy atom. The Morgan fingerprint density at radius 2 is 1.15 bits per heavy atom. The number of aliphatic hydroxyl groups excluding tert-OH is 1. The van der Waals surface area contributed by atoms with Crippen molar-refractivity contribution in [2.45, 2.75) is 148 Å². The van der Waals surface area contributed by atoms with Gasteiger partial charge in [-0.05, 0) is 12.8 Å². The maximum absolute atomic E-state index is 11.9. The molecule has 0 rings (SSSR count). The van der Waals surface area contributed by atoms with Crippen LogP contribution in [0.5, 0.6) is 0 Å². The lowest BCUT2D eigenvalue weighted by Crippen LogP contribution is -2.27. The third kappa shape index (κ3) is 28.3. The Labute approximate surface area is 237 Å². The molecule has 0 aromatic heterocycles. The molecule has 0 spiro atoms. The average molecular weight is 580 g/mol. The second-order valence-corrected chi connectivity index (χ2v) is 11.9. The SMILES string of the molecule is CCCCCCCCCCCCCCC(=O)OCC(O)COP(=O)(O)OCCNC(=O)CCCCCCCC. The van der Waals surface area contributed by atoms with E-state index in [0.717, 1.165) is 38.5 Å². The van der Waals surface area contributed by atoms with Gasteiger partial charge >= 0.3 is 13.8 Å². The summed E-state index contributed by atoms with van der Waals surface area (Å²) in [5.74, 6) is -0.523. The topological polar surface area (TPSA) is 131 Å². The Morgan fingerprint density at radius 1 is 0.692 bits per heavy atom. The van der Waals surface area contributed by atoms with Crippen LogP contribution in [0.25, 0.3) is 0 Å². The fraction of sp³-hybridized carbons (Fsp3) is 0.931. The van der Waals surface area contributed by atoms with Gasteiger partial charge in [-0.2, -0.15) is 0 Å². The third-order valence-corrected chi connectivity index (χ3v) is 7.52. The highest BCUT2D eigenvalue weighted by Gasteiger charge is 2.23. The zero-order valence-corrected chi connectivity index (χ0v) is 25.7. The van der Waals surface area contributed by atoms with Crippen molar-refractivity contribution >= 4 is 19.7 Å². The van der Waals surface area contributed by atoms with Crippen LogP contribution in [0, 0.1) is 0 Å². The molecule has 0 saturated carbocycles. The number of carbonyl (C=O) groups is 2. The first kappa shape index (κ1) is 38.0. The van der Waals surface area contributed by atoms with Crippen LogP contribution in [0.1, 0.15) is 142 Å². The number of nitrogens with one attached hydrogen (secondary N) is 1. The maximum Gasteiger partial charge on any atom is 0.472 e. The van der Waals surface area contributed by atoms with E-state index in [0.29, 0.717) is 6.42 Å². The van der Waals surface area contributed by atoms with E-state index in [1.54, 1.807) is 0 Å². The summed E-state index contributed by atoms with van der Waals surface area (Å²) in [5.41, 5.74) is 0. The van der Waals surface area contributed by atoms with E-state index in [9.17, 15) is 24.2 Å². The van der Waals surface area contributed by atoms with E-state index in [4.69, 9.17) is 13.8 Å². The van der Waals surface area contributed by atoms with Crippen molar-refractivity contribution in [3.63, 3.8) is 0 Å². The molecule has 0 aromatic rings. The fourth-order valence-electron chi connectivity index (χ4n) is 4.14. The van der Waals surface area contributed by atoms with E-state index in [1.165, 1.54) is 77.0 Å². The van der Waals surface area contributed by atoms with Crippen LogP contribution >= 0.6 is 7.82 Å². The first-order valence-corrected chi connectivity index (χ1v) is 17.0. The Hall–Kier alpha value is -0.990. The number of unbranched alkanes of at least 4 members (excludes halogenated alkanes) is 16. The molecule has 0 radical (unpaired) electrons. The third-order valence-electron chi connectivity index (χ3n) is 6.54. The summed E-state index contributed by atoms with van der Waals surface area (Å²) < 4.78 is 26.5. The van der Waals surface area contributed by atoms with Crippen molar-refractivity contribution in [3.8, 4) is 0 Å². The number of phosphoric acid groups is 1. The van der Waals surface area contributed by atoms with Crippen LogP contribution in [0.2, 0.25) is 0 Å². The van der Waals surface area contributed by atoms with Crippen LogP contribution in [0.3, 0.4) is 0 Å². The van der Waals surface area contributed by atoms with Gasteiger partial charge in [0.2, 0.25) is 5.91 Å². The molecule has 0 saturated heterocycles. The molecule has 0 aliphatic heterocycles. The smallest absolute Gasteiger partial charge is 0.463 e. The Balaban J connectivity index is 3.65. The van der Waals surface area contributed by atoms with E-state index in [1.807, 2.05) is 0 Å². The van der Waals surface area contributed by atoms with Crippen molar-refractivity contribution in [1.82, 2.24) is 5.32 Å². The van der Waals surface area contributed by atoms with Crippen molar-refractivity contribution < 1.29 is 37.9 Å². The Kier molecular flexibility index (Phi) is 26.5. The lowest BCUT2D eigenvalue weighted by Gasteiger charge is -2.15. The summed E-state index contributed by atoms with van der Waals surface area (Å²) in [7, 11) is -4.39. The predicted octanol–water partition coefficient (Wildman–Crippen LogP) is 6.98. The molecule has 0 aliphatic carbocycles.